The molecule has 1 unspecified atom stereocenters. The predicted octanol–water partition coefficient (Wildman–Crippen LogP) is 5.52. The van der Waals surface area contributed by atoms with Crippen molar-refractivity contribution in [2.45, 2.75) is 51.7 Å². The Morgan fingerprint density at radius 3 is 2.38 bits per heavy atom. The Kier molecular flexibility index (Phi) is 5.11. The van der Waals surface area contributed by atoms with Crippen LogP contribution in [0.1, 0.15) is 46.2 Å². The van der Waals surface area contributed by atoms with Gasteiger partial charge in [0.25, 0.3) is 0 Å². The van der Waals surface area contributed by atoms with Crippen LogP contribution >= 0.6 is 7.92 Å². The van der Waals surface area contributed by atoms with Crippen LogP contribution in [0.2, 0.25) is 0 Å². The highest BCUT2D eigenvalue weighted by molar-refractivity contribution is 7.68. The van der Waals surface area contributed by atoms with E-state index in [1.807, 2.05) is 18.2 Å². The summed E-state index contributed by atoms with van der Waals surface area (Å²) in [5, 5.41) is 1.27. The van der Waals surface area contributed by atoms with Crippen molar-refractivity contribution in [2.24, 2.45) is 10.4 Å². The van der Waals surface area contributed by atoms with Crippen LogP contribution in [0.4, 0.5) is 0 Å². The molecule has 0 amide bonds. The second-order valence-electron chi connectivity index (χ2n) is 9.21. The summed E-state index contributed by atoms with van der Waals surface area (Å²) in [4.78, 5) is 4.99. The molecule has 2 aromatic rings. The Morgan fingerprint density at radius 1 is 1.00 bits per heavy atom. The van der Waals surface area contributed by atoms with Crippen LogP contribution in [0, 0.1) is 5.41 Å². The van der Waals surface area contributed by atoms with Gasteiger partial charge in [-0.15, -0.1) is 0 Å². The molecule has 4 rings (SSSR count). The summed E-state index contributed by atoms with van der Waals surface area (Å²) in [6.07, 6.45) is 0. The summed E-state index contributed by atoms with van der Waals surface area (Å²) < 4.78 is 18.5. The fraction of sp³-hybridized carbons (Fsp3) is 0.458. The lowest BCUT2D eigenvalue weighted by atomic mass is 9.94. The number of benzene rings is 2. The third kappa shape index (κ3) is 3.53. The van der Waals surface area contributed by atoms with Crippen molar-refractivity contribution in [3.05, 3.63) is 54.1 Å². The van der Waals surface area contributed by atoms with Crippen LogP contribution in [0.3, 0.4) is 0 Å². The first-order valence-electron chi connectivity index (χ1n) is 10.1. The van der Waals surface area contributed by atoms with Crippen molar-refractivity contribution in [2.75, 3.05) is 13.7 Å². The summed E-state index contributed by atoms with van der Waals surface area (Å²) in [5.74, 6) is 2.61. The lowest BCUT2D eigenvalue weighted by molar-refractivity contribution is 0.173. The highest BCUT2D eigenvalue weighted by Crippen LogP contribution is 2.64. The second kappa shape index (κ2) is 7.32. The molecular formula is C24H30NO3P. The SMILES string of the molecule is COc1cccc2c1P(C(C)(C)C)[C@@H](C(C)(C)C1=N[C@H](c3ccccc3)CO1)O2. The molecule has 0 N–H and O–H groups in total. The van der Waals surface area contributed by atoms with Crippen LogP contribution in [0.25, 0.3) is 0 Å². The summed E-state index contributed by atoms with van der Waals surface area (Å²) in [7, 11) is 1.06. The molecule has 2 aliphatic rings. The Labute approximate surface area is 175 Å². The van der Waals surface area contributed by atoms with Crippen LogP contribution < -0.4 is 14.8 Å². The molecule has 0 aliphatic carbocycles. The third-order valence-corrected chi connectivity index (χ3v) is 9.21. The van der Waals surface area contributed by atoms with Crippen molar-refractivity contribution in [1.82, 2.24) is 0 Å². The molecule has 2 heterocycles. The molecule has 2 aromatic carbocycles. The highest BCUT2D eigenvalue weighted by atomic mass is 31.1. The standard InChI is InChI=1S/C24H30NO3P/c1-23(2,3)29-20-18(26-6)13-10-14-19(20)28-22(29)24(4,5)21-25-17(15-27-21)16-11-8-7-9-12-16/h7-14,17,22H,15H2,1-6H3/t17-,22-,29?/m0/s1. The van der Waals surface area contributed by atoms with Crippen LogP contribution in [-0.2, 0) is 4.74 Å². The average molecular weight is 411 g/mol. The number of hydrogen-bond acceptors (Lipinski definition) is 4. The van der Waals surface area contributed by atoms with Gasteiger partial charge in [0.1, 0.15) is 30.0 Å². The van der Waals surface area contributed by atoms with Gasteiger partial charge in [-0.1, -0.05) is 57.2 Å². The van der Waals surface area contributed by atoms with Crippen molar-refractivity contribution in [3.63, 3.8) is 0 Å². The lowest BCUT2D eigenvalue weighted by Gasteiger charge is -2.39. The van der Waals surface area contributed by atoms with Gasteiger partial charge in [-0.05, 0) is 44.6 Å². The van der Waals surface area contributed by atoms with Crippen molar-refractivity contribution >= 4 is 19.1 Å². The Balaban J connectivity index is 1.71. The Bertz CT molecular complexity index is 917. The number of methoxy groups -OCH3 is 1. The molecule has 29 heavy (non-hydrogen) atoms. The minimum atomic E-state index is -0.673. The maximum Gasteiger partial charge on any atom is 0.194 e. The number of rotatable bonds is 4. The van der Waals surface area contributed by atoms with Crippen LogP contribution in [0.5, 0.6) is 11.5 Å². The van der Waals surface area contributed by atoms with E-state index < -0.39 is 7.92 Å². The van der Waals surface area contributed by atoms with E-state index in [0.29, 0.717) is 6.61 Å². The van der Waals surface area contributed by atoms with E-state index in [-0.39, 0.29) is 22.5 Å². The zero-order valence-corrected chi connectivity index (χ0v) is 19.0. The van der Waals surface area contributed by atoms with E-state index in [4.69, 9.17) is 19.2 Å². The minimum Gasteiger partial charge on any atom is -0.496 e. The molecule has 0 radical (unpaired) electrons. The van der Waals surface area contributed by atoms with E-state index in [1.165, 1.54) is 10.9 Å². The van der Waals surface area contributed by atoms with Gasteiger partial charge in [-0.3, -0.25) is 0 Å². The summed E-state index contributed by atoms with van der Waals surface area (Å²) in [6.45, 7) is 11.8. The molecule has 2 aliphatic heterocycles. The lowest BCUT2D eigenvalue weighted by Crippen LogP contribution is -2.41. The number of fused-ring (bicyclic) bond motifs is 1. The van der Waals surface area contributed by atoms with E-state index in [9.17, 15) is 0 Å². The Morgan fingerprint density at radius 2 is 1.72 bits per heavy atom. The average Bonchev–Trinajstić information content (AvgIpc) is 3.34. The van der Waals surface area contributed by atoms with E-state index in [0.717, 1.165) is 17.4 Å². The molecular weight excluding hydrogens is 381 g/mol. The quantitative estimate of drug-likeness (QED) is 0.623. The molecule has 0 saturated heterocycles. The predicted molar refractivity (Wildman–Crippen MR) is 120 cm³/mol. The monoisotopic (exact) mass is 411 g/mol. The second-order valence-corrected chi connectivity index (χ2v) is 12.2. The van der Waals surface area contributed by atoms with E-state index in [1.54, 1.807) is 7.11 Å². The molecule has 4 nitrogen and oxygen atoms in total. The molecule has 0 spiro atoms. The van der Waals surface area contributed by atoms with Crippen molar-refractivity contribution in [3.8, 4) is 11.5 Å². The zero-order chi connectivity index (χ0) is 20.8. The zero-order valence-electron chi connectivity index (χ0n) is 18.1. The van der Waals surface area contributed by atoms with Crippen molar-refractivity contribution < 1.29 is 14.2 Å². The third-order valence-electron chi connectivity index (χ3n) is 5.62. The van der Waals surface area contributed by atoms with Crippen molar-refractivity contribution in [1.29, 1.82) is 0 Å². The van der Waals surface area contributed by atoms with Gasteiger partial charge in [0.2, 0.25) is 0 Å². The van der Waals surface area contributed by atoms with Gasteiger partial charge in [-0.2, -0.15) is 0 Å². The molecule has 5 heteroatoms. The smallest absolute Gasteiger partial charge is 0.194 e. The molecule has 0 saturated carbocycles. The van der Waals surface area contributed by atoms with Gasteiger partial charge < -0.3 is 14.2 Å². The minimum absolute atomic E-state index is 0.0305. The van der Waals surface area contributed by atoms with Gasteiger partial charge in [0.15, 0.2) is 5.90 Å². The number of aliphatic imine (C=N–C) groups is 1. The topological polar surface area (TPSA) is 40.0 Å². The molecule has 0 fully saturated rings. The summed E-state index contributed by atoms with van der Waals surface area (Å²) in [6, 6.07) is 16.5. The number of ether oxygens (including phenoxy) is 3. The first-order valence-corrected chi connectivity index (χ1v) is 11.5. The number of nitrogens with zero attached hydrogens (tertiary/aromatic N) is 1. The fourth-order valence-corrected chi connectivity index (χ4v) is 7.48. The maximum atomic E-state index is 6.59. The largest absolute Gasteiger partial charge is 0.496 e. The van der Waals surface area contributed by atoms with Gasteiger partial charge in [-0.25, -0.2) is 4.99 Å². The highest BCUT2D eigenvalue weighted by Gasteiger charge is 2.53. The first kappa shape index (κ1) is 20.2. The summed E-state index contributed by atoms with van der Waals surface area (Å²) in [5.41, 5.74) is 0.834. The van der Waals surface area contributed by atoms with Crippen LogP contribution in [0.15, 0.2) is 53.5 Å². The molecule has 0 bridgehead atoms. The maximum absolute atomic E-state index is 6.59. The van der Waals surface area contributed by atoms with Gasteiger partial charge >= 0.3 is 0 Å². The van der Waals surface area contributed by atoms with E-state index in [2.05, 4.69) is 65.0 Å². The molecule has 154 valence electrons. The van der Waals surface area contributed by atoms with Gasteiger partial charge in [0, 0.05) is 0 Å². The summed E-state index contributed by atoms with van der Waals surface area (Å²) >= 11 is 0. The number of hydrogen-bond donors (Lipinski definition) is 0. The molecule has 0 aromatic heterocycles. The Hall–Kier alpha value is -2.06. The van der Waals surface area contributed by atoms with Gasteiger partial charge in [0.05, 0.1) is 17.8 Å². The first-order chi connectivity index (χ1) is 13.7. The fourth-order valence-electron chi connectivity index (χ4n) is 4.12. The molecule has 3 atom stereocenters. The van der Waals surface area contributed by atoms with Crippen LogP contribution in [-0.4, -0.2) is 30.6 Å². The van der Waals surface area contributed by atoms with E-state index >= 15 is 0 Å². The normalized spacial score (nSPS) is 23.8.